The second kappa shape index (κ2) is 4.88. The van der Waals surface area contributed by atoms with Crippen LogP contribution in [0.5, 0.6) is 0 Å². The SMILES string of the molecule is CC(=O)C(=O)NCC(C)(C)c1ccncc1. The van der Waals surface area contributed by atoms with Crippen LogP contribution in [0.3, 0.4) is 0 Å². The molecule has 0 aliphatic carbocycles. The molecule has 0 saturated heterocycles. The molecule has 1 amide bonds. The van der Waals surface area contributed by atoms with Gasteiger partial charge in [0, 0.05) is 31.3 Å². The summed E-state index contributed by atoms with van der Waals surface area (Å²) in [6.07, 6.45) is 3.42. The average Bonchev–Trinajstić information content (AvgIpc) is 2.27. The first-order valence-electron chi connectivity index (χ1n) is 5.13. The molecular formula is C12H16N2O2. The number of carbonyl (C=O) groups is 2. The van der Waals surface area contributed by atoms with Crippen molar-refractivity contribution in [2.24, 2.45) is 0 Å². The van der Waals surface area contributed by atoms with E-state index in [0.717, 1.165) is 5.56 Å². The zero-order valence-corrected chi connectivity index (χ0v) is 9.78. The lowest BCUT2D eigenvalue weighted by Crippen LogP contribution is -2.39. The smallest absolute Gasteiger partial charge is 0.287 e. The minimum Gasteiger partial charge on any atom is -0.349 e. The maximum Gasteiger partial charge on any atom is 0.287 e. The molecule has 0 bridgehead atoms. The molecule has 86 valence electrons. The van der Waals surface area contributed by atoms with Crippen molar-refractivity contribution in [3.05, 3.63) is 30.1 Å². The van der Waals surface area contributed by atoms with E-state index >= 15 is 0 Å². The number of carbonyl (C=O) groups excluding carboxylic acids is 2. The first-order valence-corrected chi connectivity index (χ1v) is 5.13. The molecule has 16 heavy (non-hydrogen) atoms. The summed E-state index contributed by atoms with van der Waals surface area (Å²) < 4.78 is 0. The third kappa shape index (κ3) is 3.15. The van der Waals surface area contributed by atoms with Gasteiger partial charge in [-0.15, -0.1) is 0 Å². The Balaban J connectivity index is 2.66. The number of nitrogens with one attached hydrogen (secondary N) is 1. The Morgan fingerprint density at radius 2 is 1.88 bits per heavy atom. The van der Waals surface area contributed by atoms with Crippen LogP contribution in [0.15, 0.2) is 24.5 Å². The molecule has 0 atom stereocenters. The van der Waals surface area contributed by atoms with E-state index in [-0.39, 0.29) is 5.41 Å². The monoisotopic (exact) mass is 220 g/mol. The predicted octanol–water partition coefficient (Wildman–Crippen LogP) is 1.06. The van der Waals surface area contributed by atoms with Crippen LogP contribution < -0.4 is 5.32 Å². The highest BCUT2D eigenvalue weighted by Crippen LogP contribution is 2.20. The van der Waals surface area contributed by atoms with Crippen molar-refractivity contribution in [3.63, 3.8) is 0 Å². The fraction of sp³-hybridized carbons (Fsp3) is 0.417. The average molecular weight is 220 g/mol. The Morgan fingerprint density at radius 3 is 2.38 bits per heavy atom. The van der Waals surface area contributed by atoms with Crippen LogP contribution in [0.4, 0.5) is 0 Å². The summed E-state index contributed by atoms with van der Waals surface area (Å²) >= 11 is 0. The van der Waals surface area contributed by atoms with Gasteiger partial charge < -0.3 is 5.32 Å². The quantitative estimate of drug-likeness (QED) is 0.772. The number of ketones is 1. The summed E-state index contributed by atoms with van der Waals surface area (Å²) in [7, 11) is 0. The van der Waals surface area contributed by atoms with Crippen LogP contribution in [0, 0.1) is 0 Å². The van der Waals surface area contributed by atoms with Gasteiger partial charge in [0.25, 0.3) is 5.91 Å². The van der Waals surface area contributed by atoms with Crippen molar-refractivity contribution < 1.29 is 9.59 Å². The number of pyridine rings is 1. The van der Waals surface area contributed by atoms with Crippen LogP contribution in [0.25, 0.3) is 0 Å². The van der Waals surface area contributed by atoms with E-state index in [2.05, 4.69) is 10.3 Å². The van der Waals surface area contributed by atoms with E-state index in [9.17, 15) is 9.59 Å². The summed E-state index contributed by atoms with van der Waals surface area (Å²) in [5, 5.41) is 2.61. The van der Waals surface area contributed by atoms with Crippen molar-refractivity contribution in [2.75, 3.05) is 6.54 Å². The summed E-state index contributed by atoms with van der Waals surface area (Å²) in [5.41, 5.74) is 0.861. The number of nitrogens with zero attached hydrogens (tertiary/aromatic N) is 1. The largest absolute Gasteiger partial charge is 0.349 e. The van der Waals surface area contributed by atoms with Gasteiger partial charge in [0.2, 0.25) is 5.78 Å². The Morgan fingerprint density at radius 1 is 1.31 bits per heavy atom. The first-order chi connectivity index (χ1) is 7.43. The second-order valence-corrected chi connectivity index (χ2v) is 4.36. The van der Waals surface area contributed by atoms with Gasteiger partial charge in [-0.2, -0.15) is 0 Å². The van der Waals surface area contributed by atoms with Gasteiger partial charge in [-0.25, -0.2) is 0 Å². The Kier molecular flexibility index (Phi) is 3.77. The molecule has 4 heteroatoms. The molecule has 0 spiro atoms. The van der Waals surface area contributed by atoms with Crippen molar-refractivity contribution in [1.82, 2.24) is 10.3 Å². The van der Waals surface area contributed by atoms with E-state index in [1.54, 1.807) is 12.4 Å². The normalized spacial score (nSPS) is 10.9. The summed E-state index contributed by atoms with van der Waals surface area (Å²) in [5.74, 6) is -1.01. The van der Waals surface area contributed by atoms with E-state index in [1.807, 2.05) is 26.0 Å². The molecule has 0 fully saturated rings. The maximum absolute atomic E-state index is 11.1. The van der Waals surface area contributed by atoms with Crippen molar-refractivity contribution >= 4 is 11.7 Å². The van der Waals surface area contributed by atoms with Gasteiger partial charge in [-0.1, -0.05) is 13.8 Å². The van der Waals surface area contributed by atoms with Gasteiger partial charge in [-0.05, 0) is 17.7 Å². The topological polar surface area (TPSA) is 59.1 Å². The minimum absolute atomic E-state index is 0.214. The second-order valence-electron chi connectivity index (χ2n) is 4.36. The molecule has 0 aliphatic heterocycles. The van der Waals surface area contributed by atoms with Crippen LogP contribution in [0.2, 0.25) is 0 Å². The van der Waals surface area contributed by atoms with Gasteiger partial charge in [0.15, 0.2) is 0 Å². The van der Waals surface area contributed by atoms with Crippen molar-refractivity contribution in [2.45, 2.75) is 26.2 Å². The molecule has 1 N–H and O–H groups in total. The van der Waals surface area contributed by atoms with E-state index in [0.29, 0.717) is 6.54 Å². The number of Topliss-reactive ketones (excluding diaryl/α,β-unsaturated/α-hetero) is 1. The molecule has 0 saturated carbocycles. The lowest BCUT2D eigenvalue weighted by Gasteiger charge is -2.25. The molecular weight excluding hydrogens is 204 g/mol. The molecule has 0 aromatic carbocycles. The lowest BCUT2D eigenvalue weighted by atomic mass is 9.85. The first kappa shape index (κ1) is 12.4. The highest BCUT2D eigenvalue weighted by molar-refractivity contribution is 6.35. The fourth-order valence-corrected chi connectivity index (χ4v) is 1.33. The molecule has 0 aliphatic rings. The molecule has 4 nitrogen and oxygen atoms in total. The maximum atomic E-state index is 11.1. The number of hydrogen-bond acceptors (Lipinski definition) is 3. The van der Waals surface area contributed by atoms with Crippen LogP contribution in [0.1, 0.15) is 26.3 Å². The lowest BCUT2D eigenvalue weighted by molar-refractivity contribution is -0.136. The fourth-order valence-electron chi connectivity index (χ4n) is 1.33. The number of hydrogen-bond donors (Lipinski definition) is 1. The molecule has 1 heterocycles. The Labute approximate surface area is 95.1 Å². The van der Waals surface area contributed by atoms with Gasteiger partial charge >= 0.3 is 0 Å². The third-order valence-electron chi connectivity index (χ3n) is 2.47. The minimum atomic E-state index is -0.540. The predicted molar refractivity (Wildman–Crippen MR) is 61.0 cm³/mol. The van der Waals surface area contributed by atoms with Crippen molar-refractivity contribution in [3.8, 4) is 0 Å². The number of aromatic nitrogens is 1. The molecule has 0 unspecified atom stereocenters. The van der Waals surface area contributed by atoms with E-state index in [4.69, 9.17) is 0 Å². The van der Waals surface area contributed by atoms with Gasteiger partial charge in [0.05, 0.1) is 0 Å². The van der Waals surface area contributed by atoms with Crippen LogP contribution >= 0.6 is 0 Å². The molecule has 0 radical (unpaired) electrons. The Hall–Kier alpha value is -1.71. The Bertz CT molecular complexity index is 385. The third-order valence-corrected chi connectivity index (χ3v) is 2.47. The zero-order chi connectivity index (χ0) is 12.2. The summed E-state index contributed by atoms with van der Waals surface area (Å²) in [6.45, 7) is 5.69. The molecule has 1 aromatic rings. The van der Waals surface area contributed by atoms with Gasteiger partial charge in [0.1, 0.15) is 0 Å². The van der Waals surface area contributed by atoms with E-state index in [1.165, 1.54) is 6.92 Å². The highest BCUT2D eigenvalue weighted by Gasteiger charge is 2.21. The van der Waals surface area contributed by atoms with Crippen LogP contribution in [-0.4, -0.2) is 23.2 Å². The van der Waals surface area contributed by atoms with Crippen molar-refractivity contribution in [1.29, 1.82) is 0 Å². The molecule has 1 rings (SSSR count). The van der Waals surface area contributed by atoms with Crippen LogP contribution in [-0.2, 0) is 15.0 Å². The summed E-state index contributed by atoms with van der Waals surface area (Å²) in [6, 6.07) is 3.81. The number of amides is 1. The van der Waals surface area contributed by atoms with Gasteiger partial charge in [-0.3, -0.25) is 14.6 Å². The summed E-state index contributed by atoms with van der Waals surface area (Å²) in [4.78, 5) is 25.9. The molecule has 1 aromatic heterocycles. The highest BCUT2D eigenvalue weighted by atomic mass is 16.2. The zero-order valence-electron chi connectivity index (χ0n) is 9.78. The number of rotatable bonds is 4. The standard InChI is InChI=1S/C12H16N2O2/c1-9(15)11(16)14-8-12(2,3)10-4-6-13-7-5-10/h4-7H,8H2,1-3H3,(H,14,16). The van der Waals surface area contributed by atoms with E-state index < -0.39 is 11.7 Å².